The van der Waals surface area contributed by atoms with Crippen molar-refractivity contribution in [2.24, 2.45) is 5.73 Å². The van der Waals surface area contributed by atoms with Gasteiger partial charge in [0.1, 0.15) is 11.8 Å². The van der Waals surface area contributed by atoms with Gasteiger partial charge >= 0.3 is 5.97 Å². The molecular weight excluding hydrogens is 329 g/mol. The Morgan fingerprint density at radius 3 is 2.73 bits per heavy atom. The Bertz CT molecular complexity index is 605. The van der Waals surface area contributed by atoms with E-state index in [0.717, 1.165) is 17.0 Å². The molecule has 0 aliphatic rings. The van der Waals surface area contributed by atoms with Gasteiger partial charge in [-0.3, -0.25) is 4.79 Å². The Kier molecular flexibility index (Phi) is 8.55. The number of carboxylic acid groups (broad SMARTS) is 1. The van der Waals surface area contributed by atoms with Crippen molar-refractivity contribution in [1.29, 1.82) is 0 Å². The summed E-state index contributed by atoms with van der Waals surface area (Å²) in [5, 5.41) is 8.87. The van der Waals surface area contributed by atoms with Gasteiger partial charge in [-0.2, -0.15) is 0 Å². The third-order valence-corrected chi connectivity index (χ3v) is 3.08. The zero-order valence-corrected chi connectivity index (χ0v) is 13.6. The predicted molar refractivity (Wildman–Crippen MR) is 88.1 cm³/mol. The van der Waals surface area contributed by atoms with Crippen LogP contribution >= 0.6 is 24.8 Å². The molecular formula is C14H19Cl2N3O3. The van der Waals surface area contributed by atoms with E-state index < -0.39 is 12.0 Å². The number of aliphatic carboxylic acids is 1. The fraction of sp³-hybridized carbons (Fsp3) is 0.286. The molecule has 22 heavy (non-hydrogen) atoms. The number of imidazole rings is 1. The first kappa shape index (κ1) is 20.2. The summed E-state index contributed by atoms with van der Waals surface area (Å²) in [6.07, 6.45) is 3.54. The predicted octanol–water partition coefficient (Wildman–Crippen LogP) is 1.74. The minimum Gasteiger partial charge on any atom is -0.496 e. The molecule has 2 rings (SSSR count). The first-order valence-electron chi connectivity index (χ1n) is 6.21. The van der Waals surface area contributed by atoms with E-state index in [1.165, 1.54) is 0 Å². The number of methoxy groups -OCH3 is 1. The smallest absolute Gasteiger partial charge is 0.320 e. The topological polar surface area (TPSA) is 90.4 Å². The summed E-state index contributed by atoms with van der Waals surface area (Å²) in [4.78, 5) is 14.9. The molecule has 0 unspecified atom stereocenters. The van der Waals surface area contributed by atoms with Crippen LogP contribution in [0.4, 0.5) is 0 Å². The van der Waals surface area contributed by atoms with Gasteiger partial charge in [0.15, 0.2) is 0 Å². The second-order valence-corrected chi connectivity index (χ2v) is 4.47. The van der Waals surface area contributed by atoms with E-state index in [1.54, 1.807) is 19.6 Å². The molecule has 0 amide bonds. The van der Waals surface area contributed by atoms with Crippen LogP contribution in [-0.4, -0.2) is 33.8 Å². The number of aromatic nitrogens is 2. The lowest BCUT2D eigenvalue weighted by Crippen LogP contribution is -2.33. The normalized spacial score (nSPS) is 11.0. The maximum Gasteiger partial charge on any atom is 0.320 e. The number of halogens is 2. The van der Waals surface area contributed by atoms with Gasteiger partial charge < -0.3 is 20.1 Å². The Labute approximate surface area is 141 Å². The Hall–Kier alpha value is -1.76. The van der Waals surface area contributed by atoms with Crippen LogP contribution in [0.15, 0.2) is 36.8 Å². The average molecular weight is 348 g/mol. The lowest BCUT2D eigenvalue weighted by atomic mass is 10.1. The highest BCUT2D eigenvalue weighted by atomic mass is 35.5. The fourth-order valence-corrected chi connectivity index (χ4v) is 1.99. The fourth-order valence-electron chi connectivity index (χ4n) is 1.99. The second kappa shape index (κ2) is 9.30. The van der Waals surface area contributed by atoms with Gasteiger partial charge in [0.2, 0.25) is 0 Å². The van der Waals surface area contributed by atoms with Crippen LogP contribution in [0, 0.1) is 0 Å². The summed E-state index contributed by atoms with van der Waals surface area (Å²) in [6, 6.07) is 6.74. The maximum absolute atomic E-state index is 10.8. The lowest BCUT2D eigenvalue weighted by Gasteiger charge is -2.12. The minimum absolute atomic E-state index is 0. The molecule has 1 heterocycles. The number of nitrogens with two attached hydrogens (primary N) is 1. The second-order valence-electron chi connectivity index (χ2n) is 4.47. The maximum atomic E-state index is 10.8. The van der Waals surface area contributed by atoms with Crippen LogP contribution in [0.3, 0.4) is 0 Å². The quantitative estimate of drug-likeness (QED) is 0.830. The molecule has 0 fully saturated rings. The summed E-state index contributed by atoms with van der Waals surface area (Å²) in [5.74, 6) is -0.232. The number of benzene rings is 1. The molecule has 0 aliphatic carbocycles. The van der Waals surface area contributed by atoms with E-state index in [4.69, 9.17) is 15.6 Å². The van der Waals surface area contributed by atoms with E-state index in [9.17, 15) is 4.79 Å². The van der Waals surface area contributed by atoms with E-state index in [0.29, 0.717) is 6.54 Å². The Morgan fingerprint density at radius 2 is 2.09 bits per heavy atom. The number of rotatable bonds is 6. The SMILES string of the molecule is COc1ccccc1Cn1cncc1C[C@H](N)C(=O)O.Cl.Cl. The van der Waals surface area contributed by atoms with Gasteiger partial charge in [-0.05, 0) is 6.07 Å². The molecule has 0 bridgehead atoms. The largest absolute Gasteiger partial charge is 0.496 e. The highest BCUT2D eigenvalue weighted by molar-refractivity contribution is 5.85. The summed E-state index contributed by atoms with van der Waals surface area (Å²) in [7, 11) is 1.62. The van der Waals surface area contributed by atoms with Crippen LogP contribution in [0.1, 0.15) is 11.3 Å². The van der Waals surface area contributed by atoms with Gasteiger partial charge in [0.25, 0.3) is 0 Å². The van der Waals surface area contributed by atoms with Crippen molar-refractivity contribution in [2.45, 2.75) is 19.0 Å². The molecule has 1 aromatic carbocycles. The molecule has 1 aromatic heterocycles. The van der Waals surface area contributed by atoms with Crippen LogP contribution in [0.25, 0.3) is 0 Å². The van der Waals surface area contributed by atoms with Crippen molar-refractivity contribution in [1.82, 2.24) is 9.55 Å². The summed E-state index contributed by atoms with van der Waals surface area (Å²) in [6.45, 7) is 0.561. The van der Waals surface area contributed by atoms with Crippen LogP contribution in [-0.2, 0) is 17.8 Å². The molecule has 0 spiro atoms. The molecule has 0 saturated heterocycles. The van der Waals surface area contributed by atoms with Gasteiger partial charge in [-0.1, -0.05) is 18.2 Å². The number of hydrogen-bond donors (Lipinski definition) is 2. The van der Waals surface area contributed by atoms with Crippen molar-refractivity contribution < 1.29 is 14.6 Å². The molecule has 1 atom stereocenters. The summed E-state index contributed by atoms with van der Waals surface area (Å²) in [5.41, 5.74) is 7.34. The molecule has 6 nitrogen and oxygen atoms in total. The number of carbonyl (C=O) groups is 1. The lowest BCUT2D eigenvalue weighted by molar-refractivity contribution is -0.138. The molecule has 122 valence electrons. The summed E-state index contributed by atoms with van der Waals surface area (Å²) < 4.78 is 7.18. The first-order chi connectivity index (χ1) is 9.61. The summed E-state index contributed by atoms with van der Waals surface area (Å²) >= 11 is 0. The van der Waals surface area contributed by atoms with Crippen molar-refractivity contribution in [3.8, 4) is 5.75 Å². The Morgan fingerprint density at radius 1 is 1.41 bits per heavy atom. The van der Waals surface area contributed by atoms with E-state index in [1.807, 2.05) is 28.8 Å². The number of para-hydroxylation sites is 1. The van der Waals surface area contributed by atoms with Crippen molar-refractivity contribution in [2.75, 3.05) is 7.11 Å². The highest BCUT2D eigenvalue weighted by Crippen LogP contribution is 2.19. The highest BCUT2D eigenvalue weighted by Gasteiger charge is 2.15. The Balaban J connectivity index is 0.00000220. The van der Waals surface area contributed by atoms with Crippen LogP contribution in [0.2, 0.25) is 0 Å². The monoisotopic (exact) mass is 347 g/mol. The van der Waals surface area contributed by atoms with Gasteiger partial charge in [0.05, 0.1) is 20.0 Å². The molecule has 0 aliphatic heterocycles. The number of carboxylic acids is 1. The third-order valence-electron chi connectivity index (χ3n) is 3.08. The number of ether oxygens (including phenoxy) is 1. The van der Waals surface area contributed by atoms with Crippen molar-refractivity contribution >= 4 is 30.8 Å². The molecule has 8 heteroatoms. The minimum atomic E-state index is -1.02. The van der Waals surface area contributed by atoms with Gasteiger partial charge in [-0.25, -0.2) is 4.98 Å². The molecule has 3 N–H and O–H groups in total. The van der Waals surface area contributed by atoms with Crippen molar-refractivity contribution in [3.05, 3.63) is 48.0 Å². The molecule has 0 radical (unpaired) electrons. The molecule has 2 aromatic rings. The van der Waals surface area contributed by atoms with Crippen LogP contribution in [0.5, 0.6) is 5.75 Å². The zero-order chi connectivity index (χ0) is 14.5. The van der Waals surface area contributed by atoms with Gasteiger partial charge in [-0.15, -0.1) is 24.8 Å². The number of nitrogens with zero attached hydrogens (tertiary/aromatic N) is 2. The third kappa shape index (κ3) is 4.91. The first-order valence-corrected chi connectivity index (χ1v) is 6.21. The zero-order valence-electron chi connectivity index (χ0n) is 12.0. The van der Waals surface area contributed by atoms with E-state index in [-0.39, 0.29) is 31.2 Å². The standard InChI is InChI=1S/C14H17N3O3.2ClH/c1-20-13-5-3-2-4-10(13)8-17-9-16-7-11(17)6-12(15)14(18)19;;/h2-5,7,9,12H,6,8,15H2,1H3,(H,18,19);2*1H/t12-;;/m0../s1. The number of hydrogen-bond acceptors (Lipinski definition) is 4. The van der Waals surface area contributed by atoms with E-state index >= 15 is 0 Å². The van der Waals surface area contributed by atoms with Crippen LogP contribution < -0.4 is 10.5 Å². The molecule has 0 saturated carbocycles. The van der Waals surface area contributed by atoms with Crippen molar-refractivity contribution in [3.63, 3.8) is 0 Å². The average Bonchev–Trinajstić information content (AvgIpc) is 2.86. The van der Waals surface area contributed by atoms with E-state index in [2.05, 4.69) is 4.98 Å². The van der Waals surface area contributed by atoms with Gasteiger partial charge in [0, 0.05) is 23.9 Å².